The number of carbonyl (C=O) groups is 1. The SMILES string of the molecule is C=C1CC(C)(C)C(CN(C)C)=CC1=O. The molecule has 0 unspecified atom stereocenters. The van der Waals surface area contributed by atoms with Gasteiger partial charge in [0.15, 0.2) is 5.78 Å². The Morgan fingerprint density at radius 2 is 2.07 bits per heavy atom. The van der Waals surface area contributed by atoms with Crippen molar-refractivity contribution in [1.29, 1.82) is 0 Å². The lowest BCUT2D eigenvalue weighted by Crippen LogP contribution is -2.30. The zero-order valence-corrected chi connectivity index (χ0v) is 9.55. The third-order valence-corrected chi connectivity index (χ3v) is 2.66. The lowest BCUT2D eigenvalue weighted by atomic mass is 9.73. The van der Waals surface area contributed by atoms with Crippen LogP contribution in [0.5, 0.6) is 0 Å². The molecule has 0 spiro atoms. The third-order valence-electron chi connectivity index (χ3n) is 2.66. The van der Waals surface area contributed by atoms with Crippen LogP contribution in [-0.4, -0.2) is 31.3 Å². The number of carbonyl (C=O) groups excluding carboxylic acids is 1. The fourth-order valence-corrected chi connectivity index (χ4v) is 1.79. The fraction of sp³-hybridized carbons (Fsp3) is 0.583. The number of hydrogen-bond donors (Lipinski definition) is 0. The molecule has 0 saturated heterocycles. The number of hydrogen-bond acceptors (Lipinski definition) is 2. The van der Waals surface area contributed by atoms with Gasteiger partial charge in [-0.1, -0.05) is 20.4 Å². The minimum atomic E-state index is 0.0786. The molecule has 0 saturated carbocycles. The molecular formula is C12H19NO. The third kappa shape index (κ3) is 2.32. The lowest BCUT2D eigenvalue weighted by Gasteiger charge is -2.33. The first-order valence-electron chi connectivity index (χ1n) is 4.91. The normalized spacial score (nSPS) is 21.4. The van der Waals surface area contributed by atoms with Gasteiger partial charge in [-0.3, -0.25) is 4.79 Å². The van der Waals surface area contributed by atoms with Gasteiger partial charge in [0.25, 0.3) is 0 Å². The molecule has 0 bridgehead atoms. The van der Waals surface area contributed by atoms with Gasteiger partial charge in [-0.2, -0.15) is 0 Å². The fourth-order valence-electron chi connectivity index (χ4n) is 1.79. The van der Waals surface area contributed by atoms with E-state index in [1.54, 1.807) is 6.08 Å². The van der Waals surface area contributed by atoms with Crippen LogP contribution < -0.4 is 0 Å². The second-order valence-electron chi connectivity index (χ2n) is 4.94. The molecule has 0 atom stereocenters. The van der Waals surface area contributed by atoms with E-state index in [1.807, 2.05) is 14.1 Å². The molecule has 0 aromatic carbocycles. The van der Waals surface area contributed by atoms with E-state index in [-0.39, 0.29) is 11.2 Å². The summed E-state index contributed by atoms with van der Waals surface area (Å²) in [7, 11) is 4.04. The minimum absolute atomic E-state index is 0.0786. The van der Waals surface area contributed by atoms with E-state index in [1.165, 1.54) is 5.57 Å². The molecule has 1 aliphatic rings. The maximum Gasteiger partial charge on any atom is 0.181 e. The Morgan fingerprint density at radius 3 is 2.57 bits per heavy atom. The van der Waals surface area contributed by atoms with Crippen molar-refractivity contribution in [1.82, 2.24) is 4.90 Å². The van der Waals surface area contributed by atoms with Gasteiger partial charge in [0.2, 0.25) is 0 Å². The molecule has 0 aromatic rings. The summed E-state index contributed by atoms with van der Waals surface area (Å²) in [5.41, 5.74) is 2.02. The highest BCUT2D eigenvalue weighted by Gasteiger charge is 2.30. The Balaban J connectivity index is 2.95. The number of allylic oxidation sites excluding steroid dienone is 2. The van der Waals surface area contributed by atoms with Crippen LogP contribution in [0.2, 0.25) is 0 Å². The summed E-state index contributed by atoms with van der Waals surface area (Å²) in [6.45, 7) is 8.98. The molecule has 0 heterocycles. The predicted octanol–water partition coefficient (Wildman–Crippen LogP) is 2.03. The minimum Gasteiger partial charge on any atom is -0.305 e. The van der Waals surface area contributed by atoms with Crippen LogP contribution in [0.4, 0.5) is 0 Å². The second-order valence-corrected chi connectivity index (χ2v) is 4.94. The van der Waals surface area contributed by atoms with Crippen LogP contribution >= 0.6 is 0 Å². The van der Waals surface area contributed by atoms with E-state index in [2.05, 4.69) is 25.3 Å². The van der Waals surface area contributed by atoms with Crippen molar-refractivity contribution in [3.63, 3.8) is 0 Å². The van der Waals surface area contributed by atoms with Crippen molar-refractivity contribution in [3.8, 4) is 0 Å². The molecule has 78 valence electrons. The highest BCUT2D eigenvalue weighted by molar-refractivity contribution is 6.05. The van der Waals surface area contributed by atoms with Crippen molar-refractivity contribution in [2.75, 3.05) is 20.6 Å². The van der Waals surface area contributed by atoms with Crippen LogP contribution in [0.3, 0.4) is 0 Å². The van der Waals surface area contributed by atoms with Gasteiger partial charge < -0.3 is 4.90 Å². The van der Waals surface area contributed by atoms with E-state index in [0.717, 1.165) is 18.5 Å². The maximum atomic E-state index is 11.5. The van der Waals surface area contributed by atoms with Crippen molar-refractivity contribution < 1.29 is 4.79 Å². The molecule has 0 aromatic heterocycles. The molecule has 14 heavy (non-hydrogen) atoms. The average Bonchev–Trinajstić information content (AvgIpc) is 1.98. The first-order chi connectivity index (χ1) is 6.33. The molecule has 0 amide bonds. The number of rotatable bonds is 2. The largest absolute Gasteiger partial charge is 0.305 e. The zero-order chi connectivity index (χ0) is 10.9. The molecule has 0 radical (unpaired) electrons. The Kier molecular flexibility index (Phi) is 2.95. The summed E-state index contributed by atoms with van der Waals surface area (Å²) in [5, 5.41) is 0. The molecule has 1 aliphatic carbocycles. The number of ketones is 1. The van der Waals surface area contributed by atoms with Crippen LogP contribution in [-0.2, 0) is 4.79 Å². The van der Waals surface area contributed by atoms with E-state index in [9.17, 15) is 4.79 Å². The summed E-state index contributed by atoms with van der Waals surface area (Å²) in [5.74, 6) is 0.0983. The van der Waals surface area contributed by atoms with Crippen LogP contribution in [0.25, 0.3) is 0 Å². The van der Waals surface area contributed by atoms with Gasteiger partial charge in [-0.25, -0.2) is 0 Å². The highest BCUT2D eigenvalue weighted by atomic mass is 16.1. The molecule has 2 heteroatoms. The van der Waals surface area contributed by atoms with Crippen LogP contribution in [0.1, 0.15) is 20.3 Å². The second kappa shape index (κ2) is 3.70. The molecule has 0 aliphatic heterocycles. The zero-order valence-electron chi connectivity index (χ0n) is 9.55. The van der Waals surface area contributed by atoms with Gasteiger partial charge in [0.05, 0.1) is 0 Å². The predicted molar refractivity (Wildman–Crippen MR) is 59.2 cm³/mol. The maximum absolute atomic E-state index is 11.5. The van der Waals surface area contributed by atoms with Crippen molar-refractivity contribution in [2.45, 2.75) is 20.3 Å². The van der Waals surface area contributed by atoms with Crippen molar-refractivity contribution in [2.24, 2.45) is 5.41 Å². The van der Waals surface area contributed by atoms with Gasteiger partial charge in [-0.05, 0) is 43.2 Å². The van der Waals surface area contributed by atoms with Gasteiger partial charge in [0.1, 0.15) is 0 Å². The number of nitrogens with zero attached hydrogens (tertiary/aromatic N) is 1. The van der Waals surface area contributed by atoms with Crippen molar-refractivity contribution >= 4 is 5.78 Å². The van der Waals surface area contributed by atoms with E-state index < -0.39 is 0 Å². The summed E-state index contributed by atoms with van der Waals surface area (Å²) >= 11 is 0. The standard InChI is InChI=1S/C12H19NO/c1-9-7-12(2,3)10(6-11(9)14)8-13(4)5/h6H,1,7-8H2,2-5H3. The van der Waals surface area contributed by atoms with Crippen LogP contribution in [0.15, 0.2) is 23.8 Å². The van der Waals surface area contributed by atoms with Gasteiger partial charge in [0, 0.05) is 6.54 Å². The van der Waals surface area contributed by atoms with E-state index >= 15 is 0 Å². The monoisotopic (exact) mass is 193 g/mol. The van der Waals surface area contributed by atoms with E-state index in [4.69, 9.17) is 0 Å². The summed E-state index contributed by atoms with van der Waals surface area (Å²) in [4.78, 5) is 13.6. The summed E-state index contributed by atoms with van der Waals surface area (Å²) < 4.78 is 0. The summed E-state index contributed by atoms with van der Waals surface area (Å²) in [6.07, 6.45) is 2.54. The topological polar surface area (TPSA) is 20.3 Å². The molecule has 0 N–H and O–H groups in total. The smallest absolute Gasteiger partial charge is 0.181 e. The van der Waals surface area contributed by atoms with Crippen LogP contribution in [0, 0.1) is 5.41 Å². The Hall–Kier alpha value is -0.890. The highest BCUT2D eigenvalue weighted by Crippen LogP contribution is 2.37. The average molecular weight is 193 g/mol. The molecule has 1 rings (SSSR count). The first kappa shape index (κ1) is 11.2. The Morgan fingerprint density at radius 1 is 1.50 bits per heavy atom. The number of likely N-dealkylation sites (N-methyl/N-ethyl adjacent to an activating group) is 1. The first-order valence-corrected chi connectivity index (χ1v) is 4.91. The molecule has 0 fully saturated rings. The molecule has 2 nitrogen and oxygen atoms in total. The molecular weight excluding hydrogens is 174 g/mol. The van der Waals surface area contributed by atoms with Gasteiger partial charge >= 0.3 is 0 Å². The van der Waals surface area contributed by atoms with Gasteiger partial charge in [-0.15, -0.1) is 0 Å². The lowest BCUT2D eigenvalue weighted by molar-refractivity contribution is -0.112. The Labute approximate surface area is 86.3 Å². The van der Waals surface area contributed by atoms with Crippen molar-refractivity contribution in [3.05, 3.63) is 23.8 Å². The Bertz CT molecular complexity index is 297. The van der Waals surface area contributed by atoms with E-state index in [0.29, 0.717) is 0 Å². The summed E-state index contributed by atoms with van der Waals surface area (Å²) in [6, 6.07) is 0. The quantitative estimate of drug-likeness (QED) is 0.625.